The molecule has 1 N–H and O–H groups in total. The van der Waals surface area contributed by atoms with E-state index in [-0.39, 0.29) is 5.91 Å². The van der Waals surface area contributed by atoms with E-state index >= 15 is 0 Å². The predicted molar refractivity (Wildman–Crippen MR) is 101 cm³/mol. The van der Waals surface area contributed by atoms with Gasteiger partial charge in [-0.05, 0) is 31.2 Å². The number of hydrogen-bond donors (Lipinski definition) is 1. The summed E-state index contributed by atoms with van der Waals surface area (Å²) in [6.45, 7) is 2.13. The second kappa shape index (κ2) is 7.97. The Kier molecular flexibility index (Phi) is 5.48. The van der Waals surface area contributed by atoms with Crippen LogP contribution in [0.1, 0.15) is 20.9 Å². The molecule has 3 aromatic rings. The summed E-state index contributed by atoms with van der Waals surface area (Å²) >= 11 is 1.35. The molecule has 0 spiro atoms. The van der Waals surface area contributed by atoms with Crippen LogP contribution in [0.3, 0.4) is 0 Å². The van der Waals surface area contributed by atoms with E-state index in [1.165, 1.54) is 11.3 Å². The normalized spacial score (nSPS) is 10.4. The first kappa shape index (κ1) is 17.9. The number of methoxy groups -OCH3 is 2. The molecule has 6 nitrogen and oxygen atoms in total. The Morgan fingerprint density at radius 2 is 1.88 bits per heavy atom. The van der Waals surface area contributed by atoms with Gasteiger partial charge < -0.3 is 14.8 Å². The fourth-order valence-corrected chi connectivity index (χ4v) is 3.54. The van der Waals surface area contributed by atoms with Crippen LogP contribution in [-0.2, 0) is 6.54 Å². The number of carbonyl (C=O) groups is 1. The van der Waals surface area contributed by atoms with Crippen LogP contribution in [-0.4, -0.2) is 30.1 Å². The molecule has 1 aromatic carbocycles. The quantitative estimate of drug-likeness (QED) is 0.720. The van der Waals surface area contributed by atoms with Crippen molar-refractivity contribution in [2.45, 2.75) is 13.5 Å². The minimum atomic E-state index is -0.178. The number of ether oxygens (including phenoxy) is 2. The smallest absolute Gasteiger partial charge is 0.263 e. The summed E-state index contributed by atoms with van der Waals surface area (Å²) in [4.78, 5) is 21.8. The first-order valence-electron chi connectivity index (χ1n) is 8.00. The highest BCUT2D eigenvalue weighted by Crippen LogP contribution is 2.29. The minimum absolute atomic E-state index is 0.178. The van der Waals surface area contributed by atoms with E-state index in [1.54, 1.807) is 26.6 Å². The van der Waals surface area contributed by atoms with E-state index in [2.05, 4.69) is 15.3 Å². The SMILES string of the molecule is COc1cccc(OC)c1CNC(=O)c1sc(-c2cccnc2)nc1C. The van der Waals surface area contributed by atoms with Crippen molar-refractivity contribution in [3.05, 3.63) is 58.9 Å². The lowest BCUT2D eigenvalue weighted by molar-refractivity contribution is 0.0953. The molecule has 0 radical (unpaired) electrons. The molecule has 1 amide bonds. The van der Waals surface area contributed by atoms with Gasteiger partial charge in [0.2, 0.25) is 0 Å². The van der Waals surface area contributed by atoms with Crippen molar-refractivity contribution in [2.24, 2.45) is 0 Å². The number of pyridine rings is 1. The van der Waals surface area contributed by atoms with E-state index in [4.69, 9.17) is 9.47 Å². The molecule has 0 atom stereocenters. The third kappa shape index (κ3) is 3.67. The number of aromatic nitrogens is 2. The van der Waals surface area contributed by atoms with E-state index in [0.29, 0.717) is 28.6 Å². The number of thiazole rings is 1. The summed E-state index contributed by atoms with van der Waals surface area (Å²) < 4.78 is 10.7. The second-order valence-corrected chi connectivity index (χ2v) is 6.50. The summed E-state index contributed by atoms with van der Waals surface area (Å²) in [6.07, 6.45) is 3.44. The van der Waals surface area contributed by atoms with Gasteiger partial charge in [-0.3, -0.25) is 9.78 Å². The van der Waals surface area contributed by atoms with Crippen molar-refractivity contribution < 1.29 is 14.3 Å². The molecule has 0 aliphatic carbocycles. The monoisotopic (exact) mass is 369 g/mol. The average molecular weight is 369 g/mol. The minimum Gasteiger partial charge on any atom is -0.496 e. The van der Waals surface area contributed by atoms with Gasteiger partial charge in [-0.25, -0.2) is 4.98 Å². The van der Waals surface area contributed by atoms with Crippen LogP contribution in [0.15, 0.2) is 42.7 Å². The van der Waals surface area contributed by atoms with Crippen LogP contribution in [0.4, 0.5) is 0 Å². The van der Waals surface area contributed by atoms with Crippen molar-refractivity contribution in [1.29, 1.82) is 0 Å². The fourth-order valence-electron chi connectivity index (χ4n) is 2.57. The molecule has 0 bridgehead atoms. The van der Waals surface area contributed by atoms with Crippen LogP contribution in [0.5, 0.6) is 11.5 Å². The largest absolute Gasteiger partial charge is 0.496 e. The lowest BCUT2D eigenvalue weighted by Gasteiger charge is -2.13. The standard InChI is InChI=1S/C19H19N3O3S/c1-12-17(26-19(22-12)13-6-5-9-20-10-13)18(23)21-11-14-15(24-2)7-4-8-16(14)25-3/h4-10H,11H2,1-3H3,(H,21,23). The maximum Gasteiger partial charge on any atom is 0.263 e. The van der Waals surface area contributed by atoms with Gasteiger partial charge in [-0.2, -0.15) is 0 Å². The van der Waals surface area contributed by atoms with E-state index in [1.807, 2.05) is 37.3 Å². The molecule has 0 fully saturated rings. The summed E-state index contributed by atoms with van der Waals surface area (Å²) in [7, 11) is 3.18. The Morgan fingerprint density at radius 3 is 2.50 bits per heavy atom. The Labute approximate surface area is 155 Å². The van der Waals surface area contributed by atoms with Crippen molar-refractivity contribution in [2.75, 3.05) is 14.2 Å². The summed E-state index contributed by atoms with van der Waals surface area (Å²) in [6, 6.07) is 9.29. The van der Waals surface area contributed by atoms with Crippen molar-refractivity contribution in [1.82, 2.24) is 15.3 Å². The molecule has 3 rings (SSSR count). The number of carbonyl (C=O) groups excluding carboxylic acids is 1. The lowest BCUT2D eigenvalue weighted by Crippen LogP contribution is -2.23. The molecule has 26 heavy (non-hydrogen) atoms. The third-order valence-electron chi connectivity index (χ3n) is 3.87. The van der Waals surface area contributed by atoms with Crippen LogP contribution in [0.25, 0.3) is 10.6 Å². The summed E-state index contributed by atoms with van der Waals surface area (Å²) in [5.41, 5.74) is 2.38. The molecular formula is C19H19N3O3S. The van der Waals surface area contributed by atoms with Crippen LogP contribution < -0.4 is 14.8 Å². The number of nitrogens with one attached hydrogen (secondary N) is 1. The zero-order chi connectivity index (χ0) is 18.5. The first-order valence-corrected chi connectivity index (χ1v) is 8.81. The van der Waals surface area contributed by atoms with Crippen molar-refractivity contribution in [3.8, 4) is 22.1 Å². The number of rotatable bonds is 6. The highest BCUT2D eigenvalue weighted by Gasteiger charge is 2.18. The van der Waals surface area contributed by atoms with Crippen molar-refractivity contribution in [3.63, 3.8) is 0 Å². The first-order chi connectivity index (χ1) is 12.6. The van der Waals surface area contributed by atoms with Gasteiger partial charge in [0.25, 0.3) is 5.91 Å². The number of aryl methyl sites for hydroxylation is 1. The molecule has 0 aliphatic heterocycles. The van der Waals surface area contributed by atoms with Gasteiger partial charge in [-0.15, -0.1) is 11.3 Å². The van der Waals surface area contributed by atoms with Crippen LogP contribution >= 0.6 is 11.3 Å². The number of hydrogen-bond acceptors (Lipinski definition) is 6. The van der Waals surface area contributed by atoms with Crippen LogP contribution in [0, 0.1) is 6.92 Å². The van der Waals surface area contributed by atoms with E-state index in [0.717, 1.165) is 16.1 Å². The number of amides is 1. The van der Waals surface area contributed by atoms with Gasteiger partial charge >= 0.3 is 0 Å². The molecule has 0 saturated heterocycles. The molecule has 0 unspecified atom stereocenters. The van der Waals surface area contributed by atoms with Gasteiger partial charge in [0.05, 0.1) is 32.0 Å². The van der Waals surface area contributed by atoms with E-state index in [9.17, 15) is 4.79 Å². The highest BCUT2D eigenvalue weighted by molar-refractivity contribution is 7.17. The van der Waals surface area contributed by atoms with Gasteiger partial charge in [0, 0.05) is 18.0 Å². The highest BCUT2D eigenvalue weighted by atomic mass is 32.1. The van der Waals surface area contributed by atoms with Gasteiger partial charge in [-0.1, -0.05) is 6.07 Å². The average Bonchev–Trinajstić information content (AvgIpc) is 3.08. The van der Waals surface area contributed by atoms with Crippen LogP contribution in [0.2, 0.25) is 0 Å². The molecule has 7 heteroatoms. The molecule has 134 valence electrons. The second-order valence-electron chi connectivity index (χ2n) is 5.50. The molecular weight excluding hydrogens is 350 g/mol. The topological polar surface area (TPSA) is 73.3 Å². The zero-order valence-corrected chi connectivity index (χ0v) is 15.6. The predicted octanol–water partition coefficient (Wildman–Crippen LogP) is 3.46. The summed E-state index contributed by atoms with van der Waals surface area (Å²) in [5.74, 6) is 1.16. The molecule has 2 heterocycles. The summed E-state index contributed by atoms with van der Waals surface area (Å²) in [5, 5.41) is 3.70. The van der Waals surface area contributed by atoms with E-state index < -0.39 is 0 Å². The van der Waals surface area contributed by atoms with Crippen molar-refractivity contribution >= 4 is 17.2 Å². The fraction of sp³-hybridized carbons (Fsp3) is 0.211. The van der Waals surface area contributed by atoms with Gasteiger partial charge in [0.15, 0.2) is 0 Å². The Bertz CT molecular complexity index is 887. The number of benzene rings is 1. The van der Waals surface area contributed by atoms with Gasteiger partial charge in [0.1, 0.15) is 21.4 Å². The molecule has 2 aromatic heterocycles. The molecule has 0 saturated carbocycles. The lowest BCUT2D eigenvalue weighted by atomic mass is 10.1. The Balaban J connectivity index is 1.79. The number of nitrogens with zero attached hydrogens (tertiary/aromatic N) is 2. The maximum atomic E-state index is 12.6. The third-order valence-corrected chi connectivity index (χ3v) is 5.07. The Hall–Kier alpha value is -2.93. The zero-order valence-electron chi connectivity index (χ0n) is 14.8. The maximum absolute atomic E-state index is 12.6. The Morgan fingerprint density at radius 1 is 1.15 bits per heavy atom. The molecule has 0 aliphatic rings.